The van der Waals surface area contributed by atoms with Gasteiger partial charge in [-0.15, -0.1) is 0 Å². The second-order valence-corrected chi connectivity index (χ2v) is 6.48. The molecule has 0 bridgehead atoms. The Morgan fingerprint density at radius 1 is 1.27 bits per heavy atom. The molecule has 2 N–H and O–H groups in total. The normalized spacial score (nSPS) is 19.6. The highest BCUT2D eigenvalue weighted by Crippen LogP contribution is 2.28. The number of nitrogens with one attached hydrogen (secondary N) is 2. The smallest absolute Gasteiger partial charge is 0.251 e. The number of aryl methyl sites for hydroxylation is 2. The number of imidazole rings is 1. The third-order valence-electron chi connectivity index (χ3n) is 5.09. The van der Waals surface area contributed by atoms with Gasteiger partial charge in [0, 0.05) is 23.7 Å². The third kappa shape index (κ3) is 2.23. The van der Waals surface area contributed by atoms with Crippen molar-refractivity contribution in [2.75, 3.05) is 0 Å². The lowest BCUT2D eigenvalue weighted by Crippen LogP contribution is -2.39. The van der Waals surface area contributed by atoms with Crippen molar-refractivity contribution in [1.82, 2.24) is 15.3 Å². The largest absolute Gasteiger partial charge is 0.349 e. The first kappa shape index (κ1) is 13.6. The van der Waals surface area contributed by atoms with Crippen LogP contribution in [0.25, 0.3) is 0 Å². The average Bonchev–Trinajstić information content (AvgIpc) is 3.16. The Hall–Kier alpha value is -2.10. The van der Waals surface area contributed by atoms with Crippen molar-refractivity contribution in [1.29, 1.82) is 0 Å². The Kier molecular flexibility index (Phi) is 3.25. The molecule has 0 saturated carbocycles. The quantitative estimate of drug-likeness (QED) is 0.894. The summed E-state index contributed by atoms with van der Waals surface area (Å²) in [5.74, 6) is 0.0890. The maximum absolute atomic E-state index is 12.7. The lowest BCUT2D eigenvalue weighted by molar-refractivity contribution is 0.0932. The van der Waals surface area contributed by atoms with E-state index >= 15 is 0 Å². The minimum Gasteiger partial charge on any atom is -0.349 e. The number of fused-ring (bicyclic) bond motifs is 2. The second kappa shape index (κ2) is 5.27. The first-order valence-corrected chi connectivity index (χ1v) is 8.15. The Labute approximate surface area is 130 Å². The molecular formula is C18H21N3O. The van der Waals surface area contributed by atoms with Crippen LogP contribution in [-0.2, 0) is 25.7 Å². The highest BCUT2D eigenvalue weighted by atomic mass is 16.1. The maximum Gasteiger partial charge on any atom is 0.251 e. The Bertz CT molecular complexity index is 732. The van der Waals surface area contributed by atoms with E-state index in [2.05, 4.69) is 28.3 Å². The van der Waals surface area contributed by atoms with Crippen LogP contribution in [0.2, 0.25) is 0 Å². The first-order valence-electron chi connectivity index (χ1n) is 8.15. The van der Waals surface area contributed by atoms with Gasteiger partial charge >= 0.3 is 0 Å². The van der Waals surface area contributed by atoms with Crippen LogP contribution in [0.3, 0.4) is 0 Å². The number of aromatic nitrogens is 2. The van der Waals surface area contributed by atoms with Crippen molar-refractivity contribution < 1.29 is 4.79 Å². The van der Waals surface area contributed by atoms with E-state index in [0.717, 1.165) is 43.4 Å². The molecular weight excluding hydrogens is 274 g/mol. The topological polar surface area (TPSA) is 57.8 Å². The number of carbonyl (C=O) groups excluding carboxylic acids is 1. The molecule has 0 radical (unpaired) electrons. The summed E-state index contributed by atoms with van der Waals surface area (Å²) in [6.07, 6.45) is 7.84. The minimum absolute atomic E-state index is 0.0890. The Morgan fingerprint density at radius 3 is 3.05 bits per heavy atom. The van der Waals surface area contributed by atoms with Crippen molar-refractivity contribution in [3.8, 4) is 0 Å². The van der Waals surface area contributed by atoms with Crippen LogP contribution in [0.4, 0.5) is 0 Å². The molecule has 1 atom stereocenters. The van der Waals surface area contributed by atoms with Crippen LogP contribution in [0.1, 0.15) is 51.3 Å². The molecule has 1 aromatic heterocycles. The van der Waals surface area contributed by atoms with Crippen LogP contribution in [0.5, 0.6) is 0 Å². The van der Waals surface area contributed by atoms with Gasteiger partial charge in [-0.05, 0) is 61.8 Å². The third-order valence-corrected chi connectivity index (χ3v) is 5.09. The second-order valence-electron chi connectivity index (χ2n) is 6.48. The molecule has 4 rings (SSSR count). The van der Waals surface area contributed by atoms with Crippen LogP contribution in [-0.4, -0.2) is 21.9 Å². The monoisotopic (exact) mass is 295 g/mol. The number of aromatic amines is 1. The Morgan fingerprint density at radius 2 is 2.14 bits per heavy atom. The highest BCUT2D eigenvalue weighted by Gasteiger charge is 2.25. The van der Waals surface area contributed by atoms with Gasteiger partial charge < -0.3 is 10.3 Å². The molecule has 1 heterocycles. The summed E-state index contributed by atoms with van der Waals surface area (Å²) >= 11 is 0. The van der Waals surface area contributed by atoms with E-state index in [0.29, 0.717) is 0 Å². The molecule has 1 amide bonds. The molecule has 2 aliphatic rings. The minimum atomic E-state index is 0.0890. The molecule has 4 heteroatoms. The van der Waals surface area contributed by atoms with Crippen molar-refractivity contribution in [3.05, 3.63) is 52.1 Å². The van der Waals surface area contributed by atoms with E-state index in [1.807, 2.05) is 6.07 Å². The van der Waals surface area contributed by atoms with Crippen LogP contribution >= 0.6 is 0 Å². The van der Waals surface area contributed by atoms with Crippen LogP contribution in [0, 0.1) is 6.92 Å². The molecule has 1 unspecified atom stereocenters. The standard InChI is InChI=1S/C18H21N3O/c1-11-5-7-15(14-4-2-3-13(11)14)18(22)21-12-6-8-16-17(9-12)20-10-19-16/h5,7,10,12H,2-4,6,8-9H2,1H3,(H,19,20)(H,21,22). The van der Waals surface area contributed by atoms with E-state index in [1.165, 1.54) is 28.8 Å². The van der Waals surface area contributed by atoms with E-state index in [4.69, 9.17) is 0 Å². The van der Waals surface area contributed by atoms with Crippen LogP contribution in [0.15, 0.2) is 18.5 Å². The molecule has 2 aliphatic carbocycles. The zero-order chi connectivity index (χ0) is 15.1. The molecule has 2 aromatic rings. The fraction of sp³-hybridized carbons (Fsp3) is 0.444. The van der Waals surface area contributed by atoms with Gasteiger partial charge in [0.15, 0.2) is 0 Å². The van der Waals surface area contributed by atoms with E-state index in [1.54, 1.807) is 6.33 Å². The van der Waals surface area contributed by atoms with Gasteiger partial charge in [-0.25, -0.2) is 4.98 Å². The summed E-state index contributed by atoms with van der Waals surface area (Å²) in [5, 5.41) is 3.23. The molecule has 114 valence electrons. The predicted molar refractivity (Wildman–Crippen MR) is 85.1 cm³/mol. The van der Waals surface area contributed by atoms with Gasteiger partial charge in [0.05, 0.1) is 12.0 Å². The Balaban J connectivity index is 1.53. The van der Waals surface area contributed by atoms with Gasteiger partial charge in [-0.1, -0.05) is 6.07 Å². The van der Waals surface area contributed by atoms with Crippen molar-refractivity contribution in [3.63, 3.8) is 0 Å². The number of nitrogens with zero attached hydrogens (tertiary/aromatic N) is 1. The highest BCUT2D eigenvalue weighted by molar-refractivity contribution is 5.96. The number of hydrogen-bond donors (Lipinski definition) is 2. The number of amides is 1. The predicted octanol–water partition coefficient (Wildman–Crippen LogP) is 2.49. The summed E-state index contributed by atoms with van der Waals surface area (Å²) in [6.45, 7) is 2.15. The number of hydrogen-bond acceptors (Lipinski definition) is 2. The fourth-order valence-corrected chi connectivity index (χ4v) is 3.89. The van der Waals surface area contributed by atoms with Crippen LogP contribution < -0.4 is 5.32 Å². The van der Waals surface area contributed by atoms with E-state index in [9.17, 15) is 4.79 Å². The summed E-state index contributed by atoms with van der Waals surface area (Å²) < 4.78 is 0. The molecule has 22 heavy (non-hydrogen) atoms. The van der Waals surface area contributed by atoms with Gasteiger partial charge in [-0.3, -0.25) is 4.79 Å². The molecule has 4 nitrogen and oxygen atoms in total. The van der Waals surface area contributed by atoms with Crippen molar-refractivity contribution in [2.24, 2.45) is 0 Å². The zero-order valence-corrected chi connectivity index (χ0v) is 12.9. The summed E-state index contributed by atoms with van der Waals surface area (Å²) in [5.41, 5.74) is 7.20. The first-order chi connectivity index (χ1) is 10.7. The number of benzene rings is 1. The molecule has 0 saturated heterocycles. The van der Waals surface area contributed by atoms with Gasteiger partial charge in [-0.2, -0.15) is 0 Å². The van der Waals surface area contributed by atoms with Crippen molar-refractivity contribution in [2.45, 2.75) is 51.5 Å². The van der Waals surface area contributed by atoms with Gasteiger partial charge in [0.25, 0.3) is 5.91 Å². The summed E-state index contributed by atoms with van der Waals surface area (Å²) in [4.78, 5) is 20.2. The summed E-state index contributed by atoms with van der Waals surface area (Å²) in [6, 6.07) is 4.30. The number of rotatable bonds is 2. The lowest BCUT2D eigenvalue weighted by Gasteiger charge is -2.23. The molecule has 0 fully saturated rings. The lowest BCUT2D eigenvalue weighted by atomic mass is 9.94. The maximum atomic E-state index is 12.7. The fourth-order valence-electron chi connectivity index (χ4n) is 3.89. The van der Waals surface area contributed by atoms with Crippen molar-refractivity contribution >= 4 is 5.91 Å². The van der Waals surface area contributed by atoms with E-state index < -0.39 is 0 Å². The number of H-pyrrole nitrogens is 1. The van der Waals surface area contributed by atoms with E-state index in [-0.39, 0.29) is 11.9 Å². The number of carbonyl (C=O) groups is 1. The van der Waals surface area contributed by atoms with Gasteiger partial charge in [0.2, 0.25) is 0 Å². The molecule has 0 aliphatic heterocycles. The summed E-state index contributed by atoms with van der Waals surface area (Å²) in [7, 11) is 0. The average molecular weight is 295 g/mol. The zero-order valence-electron chi connectivity index (χ0n) is 12.9. The molecule has 0 spiro atoms. The SMILES string of the molecule is Cc1ccc(C(=O)NC2CCc3nc[nH]c3C2)c2c1CCC2. The van der Waals surface area contributed by atoms with Gasteiger partial charge in [0.1, 0.15) is 0 Å². The molecule has 1 aromatic carbocycles.